The van der Waals surface area contributed by atoms with Crippen molar-refractivity contribution in [2.45, 2.75) is 54.9 Å². The van der Waals surface area contributed by atoms with E-state index in [1.165, 1.54) is 16.7 Å². The first-order chi connectivity index (χ1) is 7.68. The molecular weight excluding hydrogens is 206 g/mol. The predicted molar refractivity (Wildman–Crippen MR) is 78.7 cm³/mol. The predicted octanol–water partition coefficient (Wildman–Crippen LogP) is 5.30. The van der Waals surface area contributed by atoms with Crippen LogP contribution in [0.25, 0.3) is 0 Å². The van der Waals surface area contributed by atoms with Crippen LogP contribution in [0.15, 0.2) is 34.9 Å². The van der Waals surface area contributed by atoms with Gasteiger partial charge in [-0.05, 0) is 49.8 Å². The molecule has 0 saturated carbocycles. The topological polar surface area (TPSA) is 23.9 Å². The molecule has 0 aromatic carbocycles. The molecular formula is C16H27N. The van der Waals surface area contributed by atoms with E-state index in [0.717, 1.165) is 6.42 Å². The van der Waals surface area contributed by atoms with Crippen molar-refractivity contribution >= 4 is 5.71 Å². The Morgan fingerprint density at radius 3 is 1.88 bits per heavy atom. The van der Waals surface area contributed by atoms with E-state index >= 15 is 0 Å². The maximum atomic E-state index is 7.62. The Morgan fingerprint density at radius 2 is 1.53 bits per heavy atom. The van der Waals surface area contributed by atoms with Crippen molar-refractivity contribution in [2.24, 2.45) is 5.41 Å². The molecule has 0 rings (SSSR count). The summed E-state index contributed by atoms with van der Waals surface area (Å²) in [6.45, 7) is 14.8. The number of nitrogens with one attached hydrogen (secondary N) is 1. The van der Waals surface area contributed by atoms with Crippen molar-refractivity contribution in [2.75, 3.05) is 0 Å². The fraction of sp³-hybridized carbons (Fsp3) is 0.562. The Bertz CT molecular complexity index is 359. The minimum absolute atomic E-state index is 0.0794. The van der Waals surface area contributed by atoms with E-state index in [9.17, 15) is 0 Å². The van der Waals surface area contributed by atoms with Crippen molar-refractivity contribution in [3.63, 3.8) is 0 Å². The highest BCUT2D eigenvalue weighted by Gasteiger charge is 2.15. The molecule has 1 N–H and O–H groups in total. The maximum Gasteiger partial charge on any atom is 0.0285 e. The summed E-state index contributed by atoms with van der Waals surface area (Å²) in [5.41, 5.74) is 4.51. The van der Waals surface area contributed by atoms with Gasteiger partial charge in [0, 0.05) is 5.71 Å². The van der Waals surface area contributed by atoms with Gasteiger partial charge in [0.05, 0.1) is 0 Å². The van der Waals surface area contributed by atoms with E-state index in [1.807, 2.05) is 13.0 Å². The first-order valence-corrected chi connectivity index (χ1v) is 6.31. The zero-order valence-corrected chi connectivity index (χ0v) is 12.4. The van der Waals surface area contributed by atoms with Crippen molar-refractivity contribution in [1.29, 1.82) is 5.41 Å². The van der Waals surface area contributed by atoms with Crippen LogP contribution in [0.5, 0.6) is 0 Å². The minimum atomic E-state index is 0.0794. The molecule has 0 aliphatic heterocycles. The molecule has 0 bridgehead atoms. The highest BCUT2D eigenvalue weighted by molar-refractivity contribution is 5.91. The van der Waals surface area contributed by atoms with Gasteiger partial charge in [0.2, 0.25) is 0 Å². The smallest absolute Gasteiger partial charge is 0.0285 e. The minimum Gasteiger partial charge on any atom is -0.306 e. The van der Waals surface area contributed by atoms with Crippen molar-refractivity contribution in [3.8, 4) is 0 Å². The van der Waals surface area contributed by atoms with Gasteiger partial charge in [0.15, 0.2) is 0 Å². The molecule has 0 fully saturated rings. The van der Waals surface area contributed by atoms with Crippen LogP contribution in [0.3, 0.4) is 0 Å². The molecule has 0 atom stereocenters. The molecule has 0 spiro atoms. The third-order valence-corrected chi connectivity index (χ3v) is 2.74. The summed E-state index contributed by atoms with van der Waals surface area (Å²) in [7, 11) is 0. The van der Waals surface area contributed by atoms with Crippen LogP contribution < -0.4 is 0 Å². The fourth-order valence-electron chi connectivity index (χ4n) is 1.52. The van der Waals surface area contributed by atoms with Crippen molar-refractivity contribution in [3.05, 3.63) is 34.9 Å². The second kappa shape index (κ2) is 6.58. The summed E-state index contributed by atoms with van der Waals surface area (Å²) in [6.07, 6.45) is 7.47. The molecule has 0 aromatic rings. The molecule has 0 aromatic heterocycles. The molecule has 0 aliphatic rings. The van der Waals surface area contributed by atoms with Gasteiger partial charge in [-0.25, -0.2) is 0 Å². The Labute approximate surface area is 107 Å². The molecule has 0 saturated heterocycles. The first-order valence-electron chi connectivity index (χ1n) is 6.31. The van der Waals surface area contributed by atoms with Crippen LogP contribution in [-0.4, -0.2) is 5.71 Å². The number of allylic oxidation sites excluding steroid dienone is 6. The van der Waals surface area contributed by atoms with E-state index in [-0.39, 0.29) is 5.41 Å². The molecule has 0 amide bonds. The van der Waals surface area contributed by atoms with Gasteiger partial charge < -0.3 is 5.41 Å². The Kier molecular flexibility index (Phi) is 6.15. The summed E-state index contributed by atoms with van der Waals surface area (Å²) >= 11 is 0. The van der Waals surface area contributed by atoms with Gasteiger partial charge in [-0.1, -0.05) is 45.4 Å². The van der Waals surface area contributed by atoms with Crippen LogP contribution in [0.2, 0.25) is 0 Å². The van der Waals surface area contributed by atoms with Crippen molar-refractivity contribution < 1.29 is 0 Å². The lowest BCUT2D eigenvalue weighted by molar-refractivity contribution is 0.517. The third-order valence-electron chi connectivity index (χ3n) is 2.74. The Morgan fingerprint density at radius 1 is 1.00 bits per heavy atom. The van der Waals surface area contributed by atoms with Crippen LogP contribution in [0.1, 0.15) is 54.9 Å². The van der Waals surface area contributed by atoms with Gasteiger partial charge in [-0.3, -0.25) is 0 Å². The zero-order chi connectivity index (χ0) is 13.6. The molecule has 0 unspecified atom stereocenters. The maximum absolute atomic E-state index is 7.62. The van der Waals surface area contributed by atoms with Gasteiger partial charge in [0.1, 0.15) is 0 Å². The zero-order valence-electron chi connectivity index (χ0n) is 12.4. The van der Waals surface area contributed by atoms with Crippen LogP contribution in [-0.2, 0) is 0 Å². The van der Waals surface area contributed by atoms with E-state index < -0.39 is 0 Å². The van der Waals surface area contributed by atoms with E-state index in [0.29, 0.717) is 5.71 Å². The Hall–Kier alpha value is -1.11. The summed E-state index contributed by atoms with van der Waals surface area (Å²) in [4.78, 5) is 0. The van der Waals surface area contributed by atoms with Crippen LogP contribution >= 0.6 is 0 Å². The fourth-order valence-corrected chi connectivity index (χ4v) is 1.52. The monoisotopic (exact) mass is 233 g/mol. The summed E-state index contributed by atoms with van der Waals surface area (Å²) in [6, 6.07) is 0. The molecule has 96 valence electrons. The number of rotatable bonds is 4. The van der Waals surface area contributed by atoms with Gasteiger partial charge in [-0.15, -0.1) is 0 Å². The molecule has 0 heterocycles. The lowest BCUT2D eigenvalue weighted by Gasteiger charge is -2.21. The highest BCUT2D eigenvalue weighted by Crippen LogP contribution is 2.28. The second-order valence-electron chi connectivity index (χ2n) is 5.66. The summed E-state index contributed by atoms with van der Waals surface area (Å²) in [5.74, 6) is 0. The molecule has 1 nitrogen and oxygen atoms in total. The van der Waals surface area contributed by atoms with Gasteiger partial charge in [-0.2, -0.15) is 0 Å². The highest BCUT2D eigenvalue weighted by atomic mass is 14.4. The normalized spacial score (nSPS) is 15.1. The molecule has 0 radical (unpaired) electrons. The van der Waals surface area contributed by atoms with Gasteiger partial charge >= 0.3 is 0 Å². The Balaban J connectivity index is 5.34. The van der Waals surface area contributed by atoms with Crippen LogP contribution in [0, 0.1) is 10.8 Å². The van der Waals surface area contributed by atoms with E-state index in [1.54, 1.807) is 0 Å². The third kappa shape index (κ3) is 6.25. The number of hydrogen-bond acceptors (Lipinski definition) is 1. The lowest BCUT2D eigenvalue weighted by atomic mass is 9.84. The summed E-state index contributed by atoms with van der Waals surface area (Å²) in [5, 5.41) is 7.62. The lowest BCUT2D eigenvalue weighted by Crippen LogP contribution is -2.09. The summed E-state index contributed by atoms with van der Waals surface area (Å²) < 4.78 is 0. The molecule has 1 heteroatoms. The van der Waals surface area contributed by atoms with Gasteiger partial charge in [0.25, 0.3) is 0 Å². The van der Waals surface area contributed by atoms with E-state index in [4.69, 9.17) is 5.41 Å². The average Bonchev–Trinajstić information content (AvgIpc) is 2.14. The van der Waals surface area contributed by atoms with Crippen LogP contribution in [0.4, 0.5) is 0 Å². The molecule has 17 heavy (non-hydrogen) atoms. The average molecular weight is 233 g/mol. The standard InChI is InChI=1S/C16H27N/c1-8-9-12(2)13(3)10-15(11-14(4)17)16(5,6)7/h9-11,17H,8H2,1-7H3/b12-9?,13-10-,15-11+,17-14?. The second-order valence-corrected chi connectivity index (χ2v) is 5.66. The number of hydrogen-bond donors (Lipinski definition) is 1. The quantitative estimate of drug-likeness (QED) is 0.503. The SMILES string of the molecule is CCC=C(C)/C(C)=C\C(=C/C(C)=N)C(C)(C)C. The van der Waals surface area contributed by atoms with Crippen molar-refractivity contribution in [1.82, 2.24) is 0 Å². The molecule has 0 aliphatic carbocycles. The first kappa shape index (κ1) is 15.9. The van der Waals surface area contributed by atoms with E-state index in [2.05, 4.69) is 53.7 Å². The largest absolute Gasteiger partial charge is 0.306 e.